The molecule has 0 amide bonds. The van der Waals surface area contributed by atoms with E-state index < -0.39 is 17.7 Å². The SMILES string of the molecule is CCC1CCCCC1C(N)c1c(F)cccc1F. The maximum absolute atomic E-state index is 13.8. The zero-order valence-electron chi connectivity index (χ0n) is 10.8. The Bertz CT molecular complexity index is 385. The molecule has 0 spiro atoms. The Kier molecular flexibility index (Phi) is 4.33. The van der Waals surface area contributed by atoms with Crippen molar-refractivity contribution in [3.05, 3.63) is 35.4 Å². The minimum atomic E-state index is -0.517. The molecule has 1 fully saturated rings. The molecule has 3 unspecified atom stereocenters. The molecule has 0 heterocycles. The molecular weight excluding hydrogens is 232 g/mol. The maximum Gasteiger partial charge on any atom is 0.130 e. The van der Waals surface area contributed by atoms with Gasteiger partial charge in [0.25, 0.3) is 0 Å². The van der Waals surface area contributed by atoms with Gasteiger partial charge in [0.1, 0.15) is 11.6 Å². The van der Waals surface area contributed by atoms with Crippen LogP contribution in [0.5, 0.6) is 0 Å². The summed E-state index contributed by atoms with van der Waals surface area (Å²) < 4.78 is 27.5. The minimum absolute atomic E-state index is 0.0721. The monoisotopic (exact) mass is 253 g/mol. The third kappa shape index (κ3) is 2.56. The lowest BCUT2D eigenvalue weighted by Crippen LogP contribution is -2.31. The predicted molar refractivity (Wildman–Crippen MR) is 69.0 cm³/mol. The number of hydrogen-bond donors (Lipinski definition) is 1. The van der Waals surface area contributed by atoms with E-state index in [2.05, 4.69) is 6.92 Å². The fraction of sp³-hybridized carbons (Fsp3) is 0.600. The second-order valence-corrected chi connectivity index (χ2v) is 5.28. The molecule has 100 valence electrons. The van der Waals surface area contributed by atoms with Crippen molar-refractivity contribution in [1.29, 1.82) is 0 Å². The van der Waals surface area contributed by atoms with Crippen molar-refractivity contribution in [3.63, 3.8) is 0 Å². The summed E-state index contributed by atoms with van der Waals surface area (Å²) in [5, 5.41) is 0. The summed E-state index contributed by atoms with van der Waals surface area (Å²) in [6.45, 7) is 2.13. The average molecular weight is 253 g/mol. The first-order valence-electron chi connectivity index (χ1n) is 6.84. The molecule has 18 heavy (non-hydrogen) atoms. The molecule has 3 heteroatoms. The Morgan fingerprint density at radius 2 is 1.83 bits per heavy atom. The first-order chi connectivity index (χ1) is 8.65. The summed E-state index contributed by atoms with van der Waals surface area (Å²) >= 11 is 0. The van der Waals surface area contributed by atoms with E-state index >= 15 is 0 Å². The maximum atomic E-state index is 13.8. The van der Waals surface area contributed by atoms with Crippen molar-refractivity contribution in [1.82, 2.24) is 0 Å². The largest absolute Gasteiger partial charge is 0.324 e. The second kappa shape index (κ2) is 5.79. The Morgan fingerprint density at radius 3 is 2.44 bits per heavy atom. The van der Waals surface area contributed by atoms with Crippen LogP contribution in [0.25, 0.3) is 0 Å². The Morgan fingerprint density at radius 1 is 1.22 bits per heavy atom. The minimum Gasteiger partial charge on any atom is -0.324 e. The lowest BCUT2D eigenvalue weighted by molar-refractivity contribution is 0.192. The van der Waals surface area contributed by atoms with Crippen molar-refractivity contribution < 1.29 is 8.78 Å². The highest BCUT2D eigenvalue weighted by atomic mass is 19.1. The Labute approximate surface area is 107 Å². The quantitative estimate of drug-likeness (QED) is 0.859. The zero-order valence-corrected chi connectivity index (χ0v) is 10.8. The second-order valence-electron chi connectivity index (χ2n) is 5.28. The molecule has 0 radical (unpaired) electrons. The summed E-state index contributed by atoms with van der Waals surface area (Å²) in [4.78, 5) is 0. The fourth-order valence-electron chi connectivity index (χ4n) is 3.26. The van der Waals surface area contributed by atoms with Crippen LogP contribution in [0.3, 0.4) is 0 Å². The van der Waals surface area contributed by atoms with Gasteiger partial charge in [-0.25, -0.2) is 8.78 Å². The number of hydrogen-bond acceptors (Lipinski definition) is 1. The zero-order chi connectivity index (χ0) is 13.1. The third-order valence-electron chi connectivity index (χ3n) is 4.29. The normalized spacial score (nSPS) is 26.0. The highest BCUT2D eigenvalue weighted by molar-refractivity contribution is 5.24. The van der Waals surface area contributed by atoms with Gasteiger partial charge in [-0.05, 0) is 30.4 Å². The van der Waals surface area contributed by atoms with Crippen LogP contribution >= 0.6 is 0 Å². The van der Waals surface area contributed by atoms with Gasteiger partial charge in [0, 0.05) is 11.6 Å². The average Bonchev–Trinajstić information content (AvgIpc) is 2.38. The van der Waals surface area contributed by atoms with Crippen LogP contribution in [0.4, 0.5) is 8.78 Å². The van der Waals surface area contributed by atoms with Gasteiger partial charge in [-0.15, -0.1) is 0 Å². The molecule has 0 aromatic heterocycles. The van der Waals surface area contributed by atoms with Gasteiger partial charge in [-0.3, -0.25) is 0 Å². The first-order valence-corrected chi connectivity index (χ1v) is 6.84. The van der Waals surface area contributed by atoms with E-state index in [1.165, 1.54) is 24.6 Å². The van der Waals surface area contributed by atoms with Crippen LogP contribution in [-0.2, 0) is 0 Å². The molecule has 2 rings (SSSR count). The van der Waals surface area contributed by atoms with Crippen LogP contribution < -0.4 is 5.73 Å². The highest BCUT2D eigenvalue weighted by Crippen LogP contribution is 2.40. The Balaban J connectivity index is 2.26. The smallest absolute Gasteiger partial charge is 0.130 e. The van der Waals surface area contributed by atoms with Crippen LogP contribution in [0.2, 0.25) is 0 Å². The van der Waals surface area contributed by atoms with E-state index in [-0.39, 0.29) is 11.5 Å². The summed E-state index contributed by atoms with van der Waals surface area (Å²) in [5.41, 5.74) is 6.23. The van der Waals surface area contributed by atoms with Gasteiger partial charge in [-0.1, -0.05) is 38.7 Å². The van der Waals surface area contributed by atoms with Gasteiger partial charge in [0.05, 0.1) is 0 Å². The standard InChI is InChI=1S/C15H21F2N/c1-2-10-6-3-4-7-11(10)15(18)14-12(16)8-5-9-13(14)17/h5,8-11,15H,2-4,6-7,18H2,1H3. The van der Waals surface area contributed by atoms with Gasteiger partial charge in [-0.2, -0.15) is 0 Å². The molecular formula is C15H21F2N. The van der Waals surface area contributed by atoms with Crippen molar-refractivity contribution in [2.75, 3.05) is 0 Å². The van der Waals surface area contributed by atoms with Crippen molar-refractivity contribution in [2.24, 2.45) is 17.6 Å². The molecule has 2 N–H and O–H groups in total. The molecule has 1 aromatic carbocycles. The molecule has 1 aromatic rings. The molecule has 3 atom stereocenters. The van der Waals surface area contributed by atoms with E-state index in [4.69, 9.17) is 5.73 Å². The van der Waals surface area contributed by atoms with Gasteiger partial charge >= 0.3 is 0 Å². The van der Waals surface area contributed by atoms with Crippen molar-refractivity contribution >= 4 is 0 Å². The molecule has 1 saturated carbocycles. The van der Waals surface area contributed by atoms with E-state index in [1.807, 2.05) is 0 Å². The highest BCUT2D eigenvalue weighted by Gasteiger charge is 2.32. The lowest BCUT2D eigenvalue weighted by atomic mass is 9.72. The summed E-state index contributed by atoms with van der Waals surface area (Å²) in [5.74, 6) is -0.325. The number of rotatable bonds is 3. The lowest BCUT2D eigenvalue weighted by Gasteiger charge is -2.35. The number of halogens is 2. The third-order valence-corrected chi connectivity index (χ3v) is 4.29. The molecule has 0 saturated heterocycles. The number of nitrogens with two attached hydrogens (primary N) is 1. The van der Waals surface area contributed by atoms with Gasteiger partial charge in [0.2, 0.25) is 0 Å². The summed E-state index contributed by atoms with van der Waals surface area (Å²) in [6.07, 6.45) is 5.47. The van der Waals surface area contributed by atoms with E-state index in [0.29, 0.717) is 5.92 Å². The molecule has 1 aliphatic rings. The fourth-order valence-corrected chi connectivity index (χ4v) is 3.26. The van der Waals surface area contributed by atoms with Crippen LogP contribution in [0.1, 0.15) is 50.6 Å². The van der Waals surface area contributed by atoms with Gasteiger partial charge < -0.3 is 5.73 Å². The Hall–Kier alpha value is -0.960. The van der Waals surface area contributed by atoms with Crippen LogP contribution in [-0.4, -0.2) is 0 Å². The predicted octanol–water partition coefficient (Wildman–Crippen LogP) is 4.18. The van der Waals surface area contributed by atoms with E-state index in [0.717, 1.165) is 25.7 Å². The van der Waals surface area contributed by atoms with E-state index in [9.17, 15) is 8.78 Å². The molecule has 1 aliphatic carbocycles. The molecule has 1 nitrogen and oxygen atoms in total. The van der Waals surface area contributed by atoms with E-state index in [1.54, 1.807) is 0 Å². The van der Waals surface area contributed by atoms with Gasteiger partial charge in [0.15, 0.2) is 0 Å². The molecule has 0 bridgehead atoms. The van der Waals surface area contributed by atoms with Crippen LogP contribution in [0.15, 0.2) is 18.2 Å². The first kappa shape index (κ1) is 13.5. The summed E-state index contributed by atoms with van der Waals surface area (Å²) in [7, 11) is 0. The van der Waals surface area contributed by atoms with Crippen molar-refractivity contribution in [2.45, 2.75) is 45.1 Å². The topological polar surface area (TPSA) is 26.0 Å². The molecule has 0 aliphatic heterocycles. The number of benzene rings is 1. The summed E-state index contributed by atoms with van der Waals surface area (Å²) in [6, 6.07) is 3.46. The van der Waals surface area contributed by atoms with Crippen molar-refractivity contribution in [3.8, 4) is 0 Å². The van der Waals surface area contributed by atoms with Crippen LogP contribution in [0, 0.1) is 23.5 Å².